The van der Waals surface area contributed by atoms with Crippen LogP contribution in [0.3, 0.4) is 0 Å². The van der Waals surface area contributed by atoms with E-state index in [4.69, 9.17) is 0 Å². The van der Waals surface area contributed by atoms with Gasteiger partial charge in [-0.2, -0.15) is 0 Å². The molecule has 2 fully saturated rings. The minimum absolute atomic E-state index is 0.0455. The summed E-state index contributed by atoms with van der Waals surface area (Å²) in [4.78, 5) is 30.0. The molecule has 1 aliphatic carbocycles. The number of hydrogen-bond acceptors (Lipinski definition) is 4. The summed E-state index contributed by atoms with van der Waals surface area (Å²) in [5.41, 5.74) is 0.765. The van der Waals surface area contributed by atoms with E-state index in [1.807, 2.05) is 5.38 Å². The van der Waals surface area contributed by atoms with E-state index >= 15 is 0 Å². The third kappa shape index (κ3) is 3.66. The minimum atomic E-state index is 0.0455. The fourth-order valence-corrected chi connectivity index (χ4v) is 4.07. The molecule has 0 aromatic carbocycles. The van der Waals surface area contributed by atoms with Crippen molar-refractivity contribution in [2.45, 2.75) is 57.9 Å². The van der Waals surface area contributed by atoms with Gasteiger partial charge in [0.1, 0.15) is 0 Å². The molecule has 0 radical (unpaired) electrons. The van der Waals surface area contributed by atoms with Gasteiger partial charge in [0.15, 0.2) is 5.13 Å². The van der Waals surface area contributed by atoms with Crippen LogP contribution in [0.2, 0.25) is 0 Å². The number of amides is 2. The van der Waals surface area contributed by atoms with Crippen LogP contribution in [-0.4, -0.2) is 29.4 Å². The van der Waals surface area contributed by atoms with Crippen LogP contribution in [0.1, 0.15) is 51.1 Å². The van der Waals surface area contributed by atoms with Crippen molar-refractivity contribution in [3.63, 3.8) is 0 Å². The Morgan fingerprint density at radius 1 is 1.41 bits per heavy atom. The summed E-state index contributed by atoms with van der Waals surface area (Å²) in [7, 11) is 0. The average Bonchev–Trinajstić information content (AvgIpc) is 3.10. The van der Waals surface area contributed by atoms with Crippen molar-refractivity contribution in [2.24, 2.45) is 5.92 Å². The van der Waals surface area contributed by atoms with Gasteiger partial charge in [-0.15, -0.1) is 11.3 Å². The molecule has 0 atom stereocenters. The highest BCUT2D eigenvalue weighted by atomic mass is 32.1. The lowest BCUT2D eigenvalue weighted by atomic mass is 9.87. The second-order valence-electron chi connectivity index (χ2n) is 6.47. The molecule has 1 saturated heterocycles. The SMILES string of the molecule is CC1CCC(NC(=O)Cc2csc(N3CCCC3=O)n2)CC1. The summed E-state index contributed by atoms with van der Waals surface area (Å²) in [5.74, 6) is 0.970. The van der Waals surface area contributed by atoms with Gasteiger partial charge in [-0.05, 0) is 38.0 Å². The molecule has 1 aromatic rings. The van der Waals surface area contributed by atoms with Crippen LogP contribution in [0.4, 0.5) is 5.13 Å². The van der Waals surface area contributed by atoms with E-state index in [0.717, 1.165) is 42.6 Å². The maximum atomic E-state index is 12.1. The second kappa shape index (κ2) is 6.77. The number of rotatable bonds is 4. The normalized spacial score (nSPS) is 25.5. The topological polar surface area (TPSA) is 62.3 Å². The Labute approximate surface area is 135 Å². The van der Waals surface area contributed by atoms with Gasteiger partial charge in [-0.25, -0.2) is 4.98 Å². The first-order valence-corrected chi connectivity index (χ1v) is 9.04. The molecule has 0 spiro atoms. The van der Waals surface area contributed by atoms with E-state index in [1.165, 1.54) is 24.2 Å². The first kappa shape index (κ1) is 15.5. The van der Waals surface area contributed by atoms with Crippen molar-refractivity contribution < 1.29 is 9.59 Å². The fraction of sp³-hybridized carbons (Fsp3) is 0.688. The summed E-state index contributed by atoms with van der Waals surface area (Å²) in [6, 6.07) is 0.321. The minimum Gasteiger partial charge on any atom is -0.353 e. The first-order valence-electron chi connectivity index (χ1n) is 8.16. The van der Waals surface area contributed by atoms with E-state index in [0.29, 0.717) is 18.9 Å². The quantitative estimate of drug-likeness (QED) is 0.927. The summed E-state index contributed by atoms with van der Waals surface area (Å²) in [5, 5.41) is 5.75. The summed E-state index contributed by atoms with van der Waals surface area (Å²) < 4.78 is 0. The Hall–Kier alpha value is -1.43. The summed E-state index contributed by atoms with van der Waals surface area (Å²) in [6.45, 7) is 3.02. The lowest BCUT2D eigenvalue weighted by Gasteiger charge is -2.26. The average molecular weight is 321 g/mol. The van der Waals surface area contributed by atoms with Gasteiger partial charge in [0.25, 0.3) is 0 Å². The molecule has 3 rings (SSSR count). The van der Waals surface area contributed by atoms with Crippen LogP contribution in [-0.2, 0) is 16.0 Å². The molecule has 120 valence electrons. The molecule has 1 saturated carbocycles. The monoisotopic (exact) mass is 321 g/mol. The maximum absolute atomic E-state index is 12.1. The molecule has 1 N–H and O–H groups in total. The molecule has 22 heavy (non-hydrogen) atoms. The number of nitrogens with zero attached hydrogens (tertiary/aromatic N) is 2. The van der Waals surface area contributed by atoms with Crippen molar-refractivity contribution in [2.75, 3.05) is 11.4 Å². The van der Waals surface area contributed by atoms with Crippen LogP contribution < -0.4 is 10.2 Å². The van der Waals surface area contributed by atoms with Gasteiger partial charge in [-0.3, -0.25) is 14.5 Å². The van der Waals surface area contributed by atoms with E-state index in [1.54, 1.807) is 4.90 Å². The van der Waals surface area contributed by atoms with Gasteiger partial charge < -0.3 is 5.32 Å². The van der Waals surface area contributed by atoms with Gasteiger partial charge >= 0.3 is 0 Å². The van der Waals surface area contributed by atoms with Crippen molar-refractivity contribution in [1.29, 1.82) is 0 Å². The molecule has 0 bridgehead atoms. The molecule has 2 aliphatic rings. The third-order valence-corrected chi connectivity index (χ3v) is 5.48. The third-order valence-electron chi connectivity index (χ3n) is 4.57. The van der Waals surface area contributed by atoms with Gasteiger partial charge in [0.2, 0.25) is 11.8 Å². The summed E-state index contributed by atoms with van der Waals surface area (Å²) >= 11 is 1.45. The smallest absolute Gasteiger partial charge is 0.228 e. The van der Waals surface area contributed by atoms with Crippen molar-refractivity contribution in [3.8, 4) is 0 Å². The molecule has 5 nitrogen and oxygen atoms in total. The van der Waals surface area contributed by atoms with E-state index in [2.05, 4.69) is 17.2 Å². The van der Waals surface area contributed by atoms with Gasteiger partial charge in [0.05, 0.1) is 12.1 Å². The molecule has 6 heteroatoms. The predicted octanol–water partition coefficient (Wildman–Crippen LogP) is 2.51. The molecule has 0 unspecified atom stereocenters. The Bertz CT molecular complexity index is 549. The number of hydrogen-bond donors (Lipinski definition) is 1. The first-order chi connectivity index (χ1) is 10.6. The largest absolute Gasteiger partial charge is 0.353 e. The van der Waals surface area contributed by atoms with E-state index < -0.39 is 0 Å². The molecule has 1 aliphatic heterocycles. The maximum Gasteiger partial charge on any atom is 0.228 e. The predicted molar refractivity (Wildman–Crippen MR) is 87.0 cm³/mol. The molecular weight excluding hydrogens is 298 g/mol. The Morgan fingerprint density at radius 3 is 2.86 bits per heavy atom. The number of aromatic nitrogens is 1. The Morgan fingerprint density at radius 2 is 2.18 bits per heavy atom. The molecule has 1 aromatic heterocycles. The zero-order chi connectivity index (χ0) is 15.5. The fourth-order valence-electron chi connectivity index (χ4n) is 3.20. The van der Waals surface area contributed by atoms with Gasteiger partial charge in [-0.1, -0.05) is 6.92 Å². The van der Waals surface area contributed by atoms with E-state index in [-0.39, 0.29) is 11.8 Å². The number of thiazole rings is 1. The van der Waals surface area contributed by atoms with Crippen LogP contribution in [0.15, 0.2) is 5.38 Å². The Balaban J connectivity index is 1.51. The highest BCUT2D eigenvalue weighted by Crippen LogP contribution is 2.26. The summed E-state index contributed by atoms with van der Waals surface area (Å²) in [6.07, 6.45) is 6.37. The van der Waals surface area contributed by atoms with Crippen LogP contribution in [0.25, 0.3) is 0 Å². The van der Waals surface area contributed by atoms with E-state index in [9.17, 15) is 9.59 Å². The number of carbonyl (C=O) groups excluding carboxylic acids is 2. The highest BCUT2D eigenvalue weighted by Gasteiger charge is 2.25. The highest BCUT2D eigenvalue weighted by molar-refractivity contribution is 7.14. The standard InChI is InChI=1S/C16H23N3O2S/c1-11-4-6-12(7-5-11)17-14(20)9-13-10-22-16(18-13)19-8-2-3-15(19)21/h10-12H,2-9H2,1H3,(H,17,20). The molecule has 2 amide bonds. The zero-order valence-electron chi connectivity index (χ0n) is 13.0. The van der Waals surface area contributed by atoms with Crippen molar-refractivity contribution in [3.05, 3.63) is 11.1 Å². The lowest BCUT2D eigenvalue weighted by Crippen LogP contribution is -2.38. The van der Waals surface area contributed by atoms with Crippen LogP contribution in [0, 0.1) is 5.92 Å². The van der Waals surface area contributed by atoms with Crippen LogP contribution in [0.5, 0.6) is 0 Å². The van der Waals surface area contributed by atoms with Gasteiger partial charge in [0, 0.05) is 24.4 Å². The molecular formula is C16H23N3O2S. The van der Waals surface area contributed by atoms with Crippen molar-refractivity contribution >= 4 is 28.3 Å². The number of carbonyl (C=O) groups is 2. The Kier molecular flexibility index (Phi) is 4.76. The van der Waals surface area contributed by atoms with Crippen LogP contribution >= 0.6 is 11.3 Å². The lowest BCUT2D eigenvalue weighted by molar-refractivity contribution is -0.121. The molecule has 2 heterocycles. The number of nitrogens with one attached hydrogen (secondary N) is 1. The number of anilines is 1. The zero-order valence-corrected chi connectivity index (χ0v) is 13.8. The second-order valence-corrected chi connectivity index (χ2v) is 7.31. The van der Waals surface area contributed by atoms with Crippen molar-refractivity contribution in [1.82, 2.24) is 10.3 Å².